The van der Waals surface area contributed by atoms with Crippen molar-refractivity contribution in [2.75, 3.05) is 27.3 Å². The Morgan fingerprint density at radius 3 is 2.47 bits per heavy atom. The van der Waals surface area contributed by atoms with Crippen molar-refractivity contribution in [2.45, 2.75) is 18.9 Å². The van der Waals surface area contributed by atoms with E-state index in [1.54, 1.807) is 0 Å². The van der Waals surface area contributed by atoms with Crippen LogP contribution >= 0.6 is 0 Å². The molecule has 0 heterocycles. The highest BCUT2D eigenvalue weighted by atomic mass is 16.6. The van der Waals surface area contributed by atoms with Crippen molar-refractivity contribution in [1.29, 1.82) is 0 Å². The molecule has 7 nitrogen and oxygen atoms in total. The van der Waals surface area contributed by atoms with Gasteiger partial charge < -0.3 is 20.1 Å². The van der Waals surface area contributed by atoms with E-state index >= 15 is 0 Å². The van der Waals surface area contributed by atoms with Crippen molar-refractivity contribution < 1.29 is 23.9 Å². The Hall–Kier alpha value is -1.63. The van der Waals surface area contributed by atoms with Gasteiger partial charge in [0.25, 0.3) is 6.47 Å². The maximum absolute atomic E-state index is 11.3. The molecule has 0 aliphatic heterocycles. The first-order valence-electron chi connectivity index (χ1n) is 5.19. The average molecular weight is 246 g/mol. The molecule has 0 saturated carbocycles. The highest BCUT2D eigenvalue weighted by Gasteiger charge is 2.11. The summed E-state index contributed by atoms with van der Waals surface area (Å²) in [5.74, 6) is -0.470. The smallest absolute Gasteiger partial charge is 0.293 e. The van der Waals surface area contributed by atoms with Crippen molar-refractivity contribution in [3.63, 3.8) is 0 Å². The molecule has 2 N–H and O–H groups in total. The van der Waals surface area contributed by atoms with Crippen LogP contribution < -0.4 is 10.6 Å². The van der Waals surface area contributed by atoms with Crippen LogP contribution in [0.3, 0.4) is 0 Å². The highest BCUT2D eigenvalue weighted by molar-refractivity contribution is 5.83. The molecule has 0 aliphatic rings. The summed E-state index contributed by atoms with van der Waals surface area (Å²) >= 11 is 0. The normalized spacial score (nSPS) is 11.4. The second kappa shape index (κ2) is 9.59. The fourth-order valence-electron chi connectivity index (χ4n) is 1.08. The summed E-state index contributed by atoms with van der Waals surface area (Å²) in [6.45, 7) is 0.675. The average Bonchev–Trinajstić information content (AvgIpc) is 2.33. The fraction of sp³-hybridized carbons (Fsp3) is 0.700. The molecule has 7 heteroatoms. The van der Waals surface area contributed by atoms with Crippen LogP contribution in [0, 0.1) is 0 Å². The van der Waals surface area contributed by atoms with Gasteiger partial charge in [0.2, 0.25) is 11.8 Å². The van der Waals surface area contributed by atoms with Gasteiger partial charge in [-0.2, -0.15) is 0 Å². The number of amides is 2. The number of hydrogen-bond donors (Lipinski definition) is 2. The third kappa shape index (κ3) is 8.21. The summed E-state index contributed by atoms with van der Waals surface area (Å²) in [5, 5.41) is 4.96. The van der Waals surface area contributed by atoms with Gasteiger partial charge in [0, 0.05) is 27.0 Å². The monoisotopic (exact) mass is 246 g/mol. The summed E-state index contributed by atoms with van der Waals surface area (Å²) in [4.78, 5) is 32.3. The Morgan fingerprint density at radius 1 is 1.29 bits per heavy atom. The zero-order valence-corrected chi connectivity index (χ0v) is 10.0. The molecule has 1 atom stereocenters. The number of carbonyl (C=O) groups is 3. The fourth-order valence-corrected chi connectivity index (χ4v) is 1.08. The summed E-state index contributed by atoms with van der Waals surface area (Å²) < 4.78 is 9.49. The molecule has 98 valence electrons. The number of methoxy groups -OCH3 is 1. The summed E-state index contributed by atoms with van der Waals surface area (Å²) in [6.07, 6.45) is -0.284. The first-order chi connectivity index (χ1) is 8.13. The predicted octanol–water partition coefficient (Wildman–Crippen LogP) is -1.18. The summed E-state index contributed by atoms with van der Waals surface area (Å²) in [6, 6.07) is 0. The standard InChI is InChI=1S/C10H18N2O5/c1-11-9(14)3-4-10(15)12-5-8(6-16-2)17-7-13/h7-8H,3-6H2,1-2H3,(H,11,14)(H,12,15). The van der Waals surface area contributed by atoms with Gasteiger partial charge in [-0.05, 0) is 0 Å². The minimum Gasteiger partial charge on any atom is -0.460 e. The van der Waals surface area contributed by atoms with Gasteiger partial charge in [0.15, 0.2) is 0 Å². The highest BCUT2D eigenvalue weighted by Crippen LogP contribution is 1.92. The van der Waals surface area contributed by atoms with E-state index in [1.165, 1.54) is 14.2 Å². The van der Waals surface area contributed by atoms with Crippen LogP contribution in [0.4, 0.5) is 0 Å². The molecule has 0 aromatic carbocycles. The van der Waals surface area contributed by atoms with E-state index in [-0.39, 0.29) is 37.8 Å². The number of hydrogen-bond acceptors (Lipinski definition) is 5. The number of nitrogens with one attached hydrogen (secondary N) is 2. The summed E-state index contributed by atoms with van der Waals surface area (Å²) in [5.41, 5.74) is 0. The topological polar surface area (TPSA) is 93.7 Å². The van der Waals surface area contributed by atoms with Crippen molar-refractivity contribution in [3.8, 4) is 0 Å². The quantitative estimate of drug-likeness (QED) is 0.499. The Bertz CT molecular complexity index is 257. The van der Waals surface area contributed by atoms with Crippen molar-refractivity contribution >= 4 is 18.3 Å². The van der Waals surface area contributed by atoms with Crippen LogP contribution in [0.15, 0.2) is 0 Å². The third-order valence-corrected chi connectivity index (χ3v) is 1.99. The third-order valence-electron chi connectivity index (χ3n) is 1.99. The van der Waals surface area contributed by atoms with Gasteiger partial charge in [-0.3, -0.25) is 14.4 Å². The van der Waals surface area contributed by atoms with Crippen molar-refractivity contribution in [2.24, 2.45) is 0 Å². The van der Waals surface area contributed by atoms with Gasteiger partial charge in [0.1, 0.15) is 6.10 Å². The molecule has 0 aromatic rings. The molecule has 0 bridgehead atoms. The van der Waals surface area contributed by atoms with E-state index < -0.39 is 6.10 Å². The van der Waals surface area contributed by atoms with E-state index in [2.05, 4.69) is 15.4 Å². The molecule has 0 aliphatic carbocycles. The first-order valence-corrected chi connectivity index (χ1v) is 5.19. The second-order valence-corrected chi connectivity index (χ2v) is 3.29. The van der Waals surface area contributed by atoms with E-state index in [1.807, 2.05) is 0 Å². The Kier molecular flexibility index (Phi) is 8.67. The lowest BCUT2D eigenvalue weighted by atomic mass is 10.2. The second-order valence-electron chi connectivity index (χ2n) is 3.29. The lowest BCUT2D eigenvalue weighted by Crippen LogP contribution is -2.36. The molecular formula is C10H18N2O5. The van der Waals surface area contributed by atoms with Crippen LogP contribution in [0.2, 0.25) is 0 Å². The van der Waals surface area contributed by atoms with Crippen LogP contribution in [-0.2, 0) is 23.9 Å². The molecule has 17 heavy (non-hydrogen) atoms. The van der Waals surface area contributed by atoms with Gasteiger partial charge in [0.05, 0.1) is 13.2 Å². The molecular weight excluding hydrogens is 228 g/mol. The zero-order valence-electron chi connectivity index (χ0n) is 10.0. The van der Waals surface area contributed by atoms with Crippen LogP contribution in [0.25, 0.3) is 0 Å². The largest absolute Gasteiger partial charge is 0.460 e. The summed E-state index contributed by atoms with van der Waals surface area (Å²) in [7, 11) is 2.97. The molecule has 0 radical (unpaired) electrons. The van der Waals surface area contributed by atoms with Crippen molar-refractivity contribution in [1.82, 2.24) is 10.6 Å². The van der Waals surface area contributed by atoms with E-state index in [0.29, 0.717) is 6.47 Å². The number of ether oxygens (including phenoxy) is 2. The maximum atomic E-state index is 11.3. The number of rotatable bonds is 9. The number of carbonyl (C=O) groups excluding carboxylic acids is 3. The Labute approximate surface area is 99.8 Å². The minimum absolute atomic E-state index is 0.0977. The molecule has 2 amide bonds. The van der Waals surface area contributed by atoms with E-state index in [0.717, 1.165) is 0 Å². The molecule has 0 fully saturated rings. The SMILES string of the molecule is CNC(=O)CCC(=O)NCC(COC)OC=O. The van der Waals surface area contributed by atoms with Crippen molar-refractivity contribution in [3.05, 3.63) is 0 Å². The first kappa shape index (κ1) is 15.4. The minimum atomic E-state index is -0.513. The van der Waals surface area contributed by atoms with Gasteiger partial charge in [-0.1, -0.05) is 0 Å². The van der Waals surface area contributed by atoms with Gasteiger partial charge in [-0.15, -0.1) is 0 Å². The van der Waals surface area contributed by atoms with Gasteiger partial charge >= 0.3 is 0 Å². The van der Waals surface area contributed by atoms with Gasteiger partial charge in [-0.25, -0.2) is 0 Å². The lowest BCUT2D eigenvalue weighted by molar-refractivity contribution is -0.137. The Morgan fingerprint density at radius 2 is 1.94 bits per heavy atom. The lowest BCUT2D eigenvalue weighted by Gasteiger charge is -2.14. The molecule has 0 aromatic heterocycles. The Balaban J connectivity index is 3.79. The van der Waals surface area contributed by atoms with E-state index in [4.69, 9.17) is 4.74 Å². The van der Waals surface area contributed by atoms with Crippen LogP contribution in [0.1, 0.15) is 12.8 Å². The molecule has 0 spiro atoms. The zero-order chi connectivity index (χ0) is 13.1. The van der Waals surface area contributed by atoms with E-state index in [9.17, 15) is 14.4 Å². The maximum Gasteiger partial charge on any atom is 0.293 e. The van der Waals surface area contributed by atoms with Crippen LogP contribution in [0.5, 0.6) is 0 Å². The van der Waals surface area contributed by atoms with Crippen LogP contribution in [-0.4, -0.2) is 51.7 Å². The molecule has 0 saturated heterocycles. The molecule has 0 rings (SSSR count). The predicted molar refractivity (Wildman–Crippen MR) is 59.1 cm³/mol. The molecule has 1 unspecified atom stereocenters.